The van der Waals surface area contributed by atoms with Crippen molar-refractivity contribution in [1.82, 2.24) is 4.90 Å². The van der Waals surface area contributed by atoms with Crippen LogP contribution in [0.1, 0.15) is 46.5 Å². The molecule has 2 bridgehead atoms. The number of fused-ring (bicyclic) bond motifs is 2. The summed E-state index contributed by atoms with van der Waals surface area (Å²) in [5, 5.41) is 0. The van der Waals surface area contributed by atoms with Crippen LogP contribution in [0.5, 0.6) is 0 Å². The second kappa shape index (κ2) is 2.98. The number of hydrogen-bond donors (Lipinski definition) is 0. The van der Waals surface area contributed by atoms with Gasteiger partial charge in [0.1, 0.15) is 0 Å². The van der Waals surface area contributed by atoms with E-state index in [2.05, 4.69) is 32.7 Å². The van der Waals surface area contributed by atoms with E-state index in [0.717, 1.165) is 18.0 Å². The van der Waals surface area contributed by atoms with Crippen LogP contribution in [0.15, 0.2) is 0 Å². The van der Waals surface area contributed by atoms with Gasteiger partial charge in [-0.25, -0.2) is 0 Å². The zero-order valence-electron chi connectivity index (χ0n) is 9.51. The van der Waals surface area contributed by atoms with E-state index in [0.29, 0.717) is 5.41 Å². The minimum absolute atomic E-state index is 0.508. The molecule has 0 aliphatic carbocycles. The number of hydrogen-bond acceptors (Lipinski definition) is 1. The maximum absolute atomic E-state index is 2.65. The Morgan fingerprint density at radius 2 is 1.62 bits per heavy atom. The van der Waals surface area contributed by atoms with Gasteiger partial charge in [0.05, 0.1) is 0 Å². The summed E-state index contributed by atoms with van der Waals surface area (Å²) in [5.41, 5.74) is 0.508. The lowest BCUT2D eigenvalue weighted by Gasteiger charge is -2.44. The van der Waals surface area contributed by atoms with Gasteiger partial charge in [0.2, 0.25) is 0 Å². The molecule has 0 radical (unpaired) electrons. The van der Waals surface area contributed by atoms with Gasteiger partial charge < -0.3 is 4.90 Å². The molecule has 1 heteroatoms. The number of rotatable bonds is 0. The van der Waals surface area contributed by atoms with Crippen LogP contribution in [0.3, 0.4) is 0 Å². The Morgan fingerprint density at radius 3 is 2.23 bits per heavy atom. The second-order valence-electron chi connectivity index (χ2n) is 6.01. The van der Waals surface area contributed by atoms with Crippen LogP contribution in [0.25, 0.3) is 0 Å². The molecule has 1 unspecified atom stereocenters. The maximum Gasteiger partial charge on any atom is 0.0129 e. The predicted molar refractivity (Wildman–Crippen MR) is 56.8 cm³/mol. The van der Waals surface area contributed by atoms with Crippen molar-refractivity contribution in [3.63, 3.8) is 0 Å². The van der Waals surface area contributed by atoms with Gasteiger partial charge in [-0.15, -0.1) is 0 Å². The number of nitrogens with zero attached hydrogens (tertiary/aromatic N) is 1. The van der Waals surface area contributed by atoms with Crippen molar-refractivity contribution in [3.05, 3.63) is 0 Å². The van der Waals surface area contributed by atoms with Crippen LogP contribution < -0.4 is 0 Å². The molecule has 2 aliphatic heterocycles. The highest BCUT2D eigenvalue weighted by Gasteiger charge is 2.44. The molecule has 2 saturated heterocycles. The summed E-state index contributed by atoms with van der Waals surface area (Å²) in [5.74, 6) is 0.927. The average molecular weight is 181 g/mol. The molecule has 13 heavy (non-hydrogen) atoms. The van der Waals surface area contributed by atoms with Crippen LogP contribution in [0, 0.1) is 11.3 Å². The average Bonchev–Trinajstić information content (AvgIpc) is 2.31. The van der Waals surface area contributed by atoms with E-state index >= 15 is 0 Å². The van der Waals surface area contributed by atoms with Gasteiger partial charge in [-0.2, -0.15) is 0 Å². The van der Waals surface area contributed by atoms with Crippen LogP contribution in [0.4, 0.5) is 0 Å². The molecule has 0 saturated carbocycles. The molecule has 0 aromatic carbocycles. The minimum atomic E-state index is 0.508. The highest BCUT2D eigenvalue weighted by molar-refractivity contribution is 4.98. The summed E-state index contributed by atoms with van der Waals surface area (Å²) in [6.45, 7) is 7.22. The maximum atomic E-state index is 2.65. The summed E-state index contributed by atoms with van der Waals surface area (Å²) in [6.07, 6.45) is 5.80. The van der Waals surface area contributed by atoms with Crippen LogP contribution >= 0.6 is 0 Å². The predicted octanol–water partition coefficient (Wildman–Crippen LogP) is 2.91. The summed E-state index contributed by atoms with van der Waals surface area (Å²) in [7, 11) is 2.33. The van der Waals surface area contributed by atoms with E-state index in [9.17, 15) is 0 Å². The van der Waals surface area contributed by atoms with Crippen molar-refractivity contribution < 1.29 is 0 Å². The number of piperidine rings is 1. The van der Waals surface area contributed by atoms with Gasteiger partial charge in [-0.05, 0) is 44.1 Å². The van der Waals surface area contributed by atoms with E-state index in [1.807, 2.05) is 0 Å². The molecule has 2 heterocycles. The molecule has 3 atom stereocenters. The van der Waals surface area contributed by atoms with Crippen molar-refractivity contribution in [3.8, 4) is 0 Å². The Hall–Kier alpha value is -0.0400. The molecule has 76 valence electrons. The van der Waals surface area contributed by atoms with E-state index in [-0.39, 0.29) is 0 Å². The fraction of sp³-hybridized carbons (Fsp3) is 1.00. The largest absolute Gasteiger partial charge is 0.300 e. The zero-order chi connectivity index (χ0) is 9.64. The standard InChI is InChI=1S/C12H23N/c1-12(2,3)10-7-5-9-6-8-11(10)13(9)4/h9-11H,5-8H2,1-4H3/t9-,10?,11-/m0/s1. The van der Waals surface area contributed by atoms with Gasteiger partial charge in [-0.3, -0.25) is 0 Å². The molecule has 0 spiro atoms. The third-order valence-electron chi connectivity index (χ3n) is 4.28. The topological polar surface area (TPSA) is 3.24 Å². The Labute approximate surface area is 82.5 Å². The third kappa shape index (κ3) is 1.52. The van der Waals surface area contributed by atoms with Crippen molar-refractivity contribution >= 4 is 0 Å². The van der Waals surface area contributed by atoms with Crippen molar-refractivity contribution in [2.45, 2.75) is 58.5 Å². The van der Waals surface area contributed by atoms with E-state index < -0.39 is 0 Å². The smallest absolute Gasteiger partial charge is 0.0129 e. The van der Waals surface area contributed by atoms with Gasteiger partial charge in [0.25, 0.3) is 0 Å². The zero-order valence-corrected chi connectivity index (χ0v) is 9.51. The Balaban J connectivity index is 2.15. The molecule has 2 fully saturated rings. The lowest BCUT2D eigenvalue weighted by molar-refractivity contribution is 0.0529. The summed E-state index contributed by atoms with van der Waals surface area (Å²) in [6, 6.07) is 1.81. The van der Waals surface area contributed by atoms with E-state index in [1.54, 1.807) is 0 Å². The van der Waals surface area contributed by atoms with Gasteiger partial charge in [0, 0.05) is 12.1 Å². The minimum Gasteiger partial charge on any atom is -0.300 e. The SMILES string of the molecule is CN1[C@H]2CCC(C(C)(C)C)[C@@H]1CC2. The van der Waals surface area contributed by atoms with Crippen LogP contribution in [0.2, 0.25) is 0 Å². The molecule has 2 rings (SSSR count). The molecule has 0 aromatic rings. The molecular weight excluding hydrogens is 158 g/mol. The molecule has 1 nitrogen and oxygen atoms in total. The van der Waals surface area contributed by atoms with Crippen molar-refractivity contribution in [2.24, 2.45) is 11.3 Å². The Morgan fingerprint density at radius 1 is 1.00 bits per heavy atom. The van der Waals surface area contributed by atoms with Gasteiger partial charge >= 0.3 is 0 Å². The fourth-order valence-corrected chi connectivity index (χ4v) is 3.45. The third-order valence-corrected chi connectivity index (χ3v) is 4.28. The summed E-state index contributed by atoms with van der Waals surface area (Å²) >= 11 is 0. The first-order valence-corrected chi connectivity index (χ1v) is 5.72. The molecular formula is C12H23N. The first-order valence-electron chi connectivity index (χ1n) is 5.72. The molecule has 0 N–H and O–H groups in total. The van der Waals surface area contributed by atoms with Crippen molar-refractivity contribution in [1.29, 1.82) is 0 Å². The quantitative estimate of drug-likeness (QED) is 0.555. The summed E-state index contributed by atoms with van der Waals surface area (Å²) < 4.78 is 0. The van der Waals surface area contributed by atoms with Crippen LogP contribution in [-0.4, -0.2) is 24.0 Å². The monoisotopic (exact) mass is 181 g/mol. The van der Waals surface area contributed by atoms with Crippen molar-refractivity contribution in [2.75, 3.05) is 7.05 Å². The highest BCUT2D eigenvalue weighted by atomic mass is 15.2. The molecule has 0 amide bonds. The van der Waals surface area contributed by atoms with E-state index in [1.165, 1.54) is 25.7 Å². The molecule has 2 aliphatic rings. The lowest BCUT2D eigenvalue weighted by Crippen LogP contribution is -2.46. The first kappa shape index (κ1) is 9.51. The van der Waals surface area contributed by atoms with Crippen LogP contribution in [-0.2, 0) is 0 Å². The first-order chi connectivity index (χ1) is 6.00. The normalized spacial score (nSPS) is 41.1. The lowest BCUT2D eigenvalue weighted by atomic mass is 9.72. The summed E-state index contributed by atoms with van der Waals surface area (Å²) in [4.78, 5) is 2.65. The Kier molecular flexibility index (Phi) is 2.18. The van der Waals surface area contributed by atoms with Gasteiger partial charge in [0.15, 0.2) is 0 Å². The van der Waals surface area contributed by atoms with Gasteiger partial charge in [-0.1, -0.05) is 20.8 Å². The fourth-order valence-electron chi connectivity index (χ4n) is 3.45. The second-order valence-corrected chi connectivity index (χ2v) is 6.01. The molecule has 0 aromatic heterocycles. The Bertz CT molecular complexity index is 192. The van der Waals surface area contributed by atoms with E-state index in [4.69, 9.17) is 0 Å². The highest BCUT2D eigenvalue weighted by Crippen LogP contribution is 2.45.